The first-order valence-electron chi connectivity index (χ1n) is 9.44. The van der Waals surface area contributed by atoms with E-state index < -0.39 is 36.0 Å². The molecule has 0 aliphatic carbocycles. The van der Waals surface area contributed by atoms with Gasteiger partial charge < -0.3 is 16.2 Å². The van der Waals surface area contributed by atoms with Gasteiger partial charge in [0.1, 0.15) is 17.4 Å². The Hall–Kier alpha value is -3.04. The molecule has 172 valence electrons. The van der Waals surface area contributed by atoms with E-state index in [0.717, 1.165) is 18.2 Å². The number of alkyl halides is 4. The minimum absolute atomic E-state index is 0.0188. The molecule has 32 heavy (non-hydrogen) atoms. The third kappa shape index (κ3) is 7.00. The highest BCUT2D eigenvalue weighted by atomic mass is 19.3. The van der Waals surface area contributed by atoms with Gasteiger partial charge >= 0.3 is 12.5 Å². The molecule has 0 aliphatic rings. The SMILES string of the molecule is Cc1ccccc1.NCc1cc(C(N)c2cc(F)cc(OC(F)(F)C(F)F)c2)ccc1F. The van der Waals surface area contributed by atoms with Crippen molar-refractivity contribution in [2.24, 2.45) is 11.5 Å². The zero-order chi connectivity index (χ0) is 23.9. The molecular formula is C23H22F6N2O. The van der Waals surface area contributed by atoms with Crippen LogP contribution in [0.2, 0.25) is 0 Å². The summed E-state index contributed by atoms with van der Waals surface area (Å²) in [6.07, 6.45) is -8.87. The van der Waals surface area contributed by atoms with Gasteiger partial charge in [-0.05, 0) is 42.3 Å². The van der Waals surface area contributed by atoms with Gasteiger partial charge in [0.05, 0.1) is 6.04 Å². The molecule has 0 fully saturated rings. The van der Waals surface area contributed by atoms with Gasteiger partial charge in [0, 0.05) is 18.2 Å². The summed E-state index contributed by atoms with van der Waals surface area (Å²) in [5, 5.41) is 0. The molecule has 1 unspecified atom stereocenters. The first kappa shape index (κ1) is 25.2. The molecule has 1 atom stereocenters. The number of halogens is 6. The van der Waals surface area contributed by atoms with Crippen molar-refractivity contribution in [3.05, 3.63) is 101 Å². The Bertz CT molecular complexity index is 1010. The lowest BCUT2D eigenvalue weighted by atomic mass is 9.97. The molecule has 0 aromatic heterocycles. The Labute approximate surface area is 181 Å². The van der Waals surface area contributed by atoms with E-state index in [1.807, 2.05) is 18.2 Å². The second-order valence-electron chi connectivity index (χ2n) is 6.87. The van der Waals surface area contributed by atoms with Crippen LogP contribution in [0, 0.1) is 18.6 Å². The molecule has 0 bridgehead atoms. The Balaban J connectivity index is 0.000000439. The normalized spacial score (nSPS) is 12.2. The van der Waals surface area contributed by atoms with Crippen LogP contribution in [0.1, 0.15) is 28.3 Å². The lowest BCUT2D eigenvalue weighted by Gasteiger charge is -2.19. The maximum Gasteiger partial charge on any atom is 0.461 e. The van der Waals surface area contributed by atoms with Crippen LogP contribution in [0.5, 0.6) is 5.75 Å². The van der Waals surface area contributed by atoms with Crippen molar-refractivity contribution in [3.63, 3.8) is 0 Å². The van der Waals surface area contributed by atoms with Gasteiger partial charge in [-0.15, -0.1) is 0 Å². The Morgan fingerprint density at radius 1 is 0.906 bits per heavy atom. The summed E-state index contributed by atoms with van der Waals surface area (Å²) in [4.78, 5) is 0. The predicted molar refractivity (Wildman–Crippen MR) is 109 cm³/mol. The van der Waals surface area contributed by atoms with Crippen molar-refractivity contribution >= 4 is 0 Å². The van der Waals surface area contributed by atoms with Crippen LogP contribution in [0.3, 0.4) is 0 Å². The lowest BCUT2D eigenvalue weighted by Crippen LogP contribution is -2.33. The summed E-state index contributed by atoms with van der Waals surface area (Å²) in [6, 6.07) is 15.4. The molecule has 0 aliphatic heterocycles. The molecule has 4 N–H and O–H groups in total. The molecule has 0 heterocycles. The highest BCUT2D eigenvalue weighted by Crippen LogP contribution is 2.31. The molecule has 0 spiro atoms. The van der Waals surface area contributed by atoms with Gasteiger partial charge in [0.25, 0.3) is 0 Å². The largest absolute Gasteiger partial charge is 0.461 e. The predicted octanol–water partition coefficient (Wildman–Crippen LogP) is 5.70. The molecule has 3 aromatic carbocycles. The van der Waals surface area contributed by atoms with E-state index in [0.29, 0.717) is 11.6 Å². The highest BCUT2D eigenvalue weighted by Gasteiger charge is 2.44. The van der Waals surface area contributed by atoms with E-state index in [4.69, 9.17) is 11.5 Å². The second kappa shape index (κ2) is 11.0. The van der Waals surface area contributed by atoms with Gasteiger partial charge in [-0.25, -0.2) is 8.78 Å². The Kier molecular flexibility index (Phi) is 8.68. The second-order valence-corrected chi connectivity index (χ2v) is 6.87. The van der Waals surface area contributed by atoms with Gasteiger partial charge in [-0.3, -0.25) is 0 Å². The van der Waals surface area contributed by atoms with Gasteiger partial charge in [0.2, 0.25) is 0 Å². The van der Waals surface area contributed by atoms with Crippen molar-refractivity contribution in [2.45, 2.75) is 32.0 Å². The summed E-state index contributed by atoms with van der Waals surface area (Å²) in [7, 11) is 0. The molecule has 9 heteroatoms. The molecule has 3 nitrogen and oxygen atoms in total. The smallest absolute Gasteiger partial charge is 0.428 e. The van der Waals surface area contributed by atoms with Crippen LogP contribution < -0.4 is 16.2 Å². The molecule has 0 saturated heterocycles. The van der Waals surface area contributed by atoms with Crippen LogP contribution in [0.15, 0.2) is 66.7 Å². The Morgan fingerprint density at radius 2 is 1.56 bits per heavy atom. The minimum atomic E-state index is -4.78. The summed E-state index contributed by atoms with van der Waals surface area (Å²) in [5.74, 6) is -2.37. The zero-order valence-corrected chi connectivity index (χ0v) is 17.0. The third-order valence-corrected chi connectivity index (χ3v) is 4.35. The van der Waals surface area contributed by atoms with Crippen molar-refractivity contribution in [1.82, 2.24) is 0 Å². The first-order valence-corrected chi connectivity index (χ1v) is 9.44. The molecule has 3 rings (SSSR count). The summed E-state index contributed by atoms with van der Waals surface area (Å²) in [5.41, 5.74) is 13.1. The van der Waals surface area contributed by atoms with Crippen LogP contribution in [0.25, 0.3) is 0 Å². The molecule has 3 aromatic rings. The highest BCUT2D eigenvalue weighted by molar-refractivity contribution is 5.38. The number of benzene rings is 3. The average Bonchev–Trinajstić information content (AvgIpc) is 2.73. The fourth-order valence-corrected chi connectivity index (χ4v) is 2.70. The molecular weight excluding hydrogens is 434 g/mol. The number of ether oxygens (including phenoxy) is 1. The van der Waals surface area contributed by atoms with Gasteiger partial charge in [-0.1, -0.05) is 42.0 Å². The zero-order valence-electron chi connectivity index (χ0n) is 17.0. The fourth-order valence-electron chi connectivity index (χ4n) is 2.70. The van der Waals surface area contributed by atoms with E-state index in [2.05, 4.69) is 23.8 Å². The van der Waals surface area contributed by atoms with Crippen molar-refractivity contribution in [2.75, 3.05) is 0 Å². The van der Waals surface area contributed by atoms with E-state index in [9.17, 15) is 26.3 Å². The van der Waals surface area contributed by atoms with Crippen LogP contribution in [-0.4, -0.2) is 12.5 Å². The topological polar surface area (TPSA) is 61.3 Å². The van der Waals surface area contributed by atoms with Crippen molar-refractivity contribution in [1.29, 1.82) is 0 Å². The Morgan fingerprint density at radius 3 is 2.09 bits per heavy atom. The first-order chi connectivity index (χ1) is 15.0. The maximum atomic E-state index is 13.6. The number of aryl methyl sites for hydroxylation is 1. The molecule has 0 radical (unpaired) electrons. The number of hydrogen-bond donors (Lipinski definition) is 2. The minimum Gasteiger partial charge on any atom is -0.428 e. The third-order valence-electron chi connectivity index (χ3n) is 4.35. The fraction of sp³-hybridized carbons (Fsp3) is 0.217. The number of hydrogen-bond acceptors (Lipinski definition) is 3. The van der Waals surface area contributed by atoms with Crippen molar-refractivity contribution < 1.29 is 31.1 Å². The summed E-state index contributed by atoms with van der Waals surface area (Å²) < 4.78 is 81.4. The monoisotopic (exact) mass is 456 g/mol. The average molecular weight is 456 g/mol. The van der Waals surface area contributed by atoms with E-state index >= 15 is 0 Å². The van der Waals surface area contributed by atoms with Gasteiger partial charge in [0.15, 0.2) is 0 Å². The summed E-state index contributed by atoms with van der Waals surface area (Å²) >= 11 is 0. The molecule has 0 saturated carbocycles. The van der Waals surface area contributed by atoms with Gasteiger partial charge in [-0.2, -0.15) is 17.6 Å². The van der Waals surface area contributed by atoms with E-state index in [1.165, 1.54) is 17.7 Å². The van der Waals surface area contributed by atoms with Crippen LogP contribution in [-0.2, 0) is 6.54 Å². The van der Waals surface area contributed by atoms with Crippen molar-refractivity contribution in [3.8, 4) is 5.75 Å². The van der Waals surface area contributed by atoms with E-state index in [1.54, 1.807) is 0 Å². The number of rotatable bonds is 6. The van der Waals surface area contributed by atoms with Crippen LogP contribution in [0.4, 0.5) is 26.3 Å². The molecule has 0 amide bonds. The van der Waals surface area contributed by atoms with Crippen LogP contribution >= 0.6 is 0 Å². The standard InChI is InChI=1S/C16H14F6N2O.C7H8/c17-11-4-9(5-12(6-11)25-16(21,22)15(19)20)14(24)8-1-2-13(18)10(3-8)7-23;1-7-5-3-2-4-6-7/h1-6,14-15H,7,23-24H2;2-6H,1H3. The lowest BCUT2D eigenvalue weighted by molar-refractivity contribution is -0.253. The summed E-state index contributed by atoms with van der Waals surface area (Å²) in [6.45, 7) is 1.98. The number of nitrogens with two attached hydrogens (primary N) is 2. The van der Waals surface area contributed by atoms with E-state index in [-0.39, 0.29) is 17.7 Å². The maximum absolute atomic E-state index is 13.6. The quantitative estimate of drug-likeness (QED) is 0.468.